The minimum absolute atomic E-state index is 0.0698. The first-order valence-corrected chi connectivity index (χ1v) is 8.47. The molecule has 1 heterocycles. The van der Waals surface area contributed by atoms with Gasteiger partial charge in [-0.3, -0.25) is 4.79 Å². The number of carbonyl (C=O) groups is 2. The summed E-state index contributed by atoms with van der Waals surface area (Å²) in [5.41, 5.74) is -1.27. The van der Waals surface area contributed by atoms with Crippen LogP contribution in [0, 0.1) is 5.92 Å². The van der Waals surface area contributed by atoms with Crippen LogP contribution in [0.4, 0.5) is 32.4 Å². The largest absolute Gasteiger partial charge is 0.481 e. The number of benzene rings is 1. The molecular formula is C15H15F5N2O3S. The normalized spacial score (nSPS) is 17.6. The van der Waals surface area contributed by atoms with E-state index in [2.05, 4.69) is 5.32 Å². The molecule has 1 aromatic carbocycles. The molecule has 1 fully saturated rings. The van der Waals surface area contributed by atoms with Crippen LogP contribution in [0.3, 0.4) is 0 Å². The quantitative estimate of drug-likeness (QED) is 0.581. The average Bonchev–Trinajstić information content (AvgIpc) is 3.03. The Morgan fingerprint density at radius 3 is 2.58 bits per heavy atom. The maximum Gasteiger partial charge on any atom is 0.416 e. The highest BCUT2D eigenvalue weighted by Crippen LogP contribution is 2.36. The van der Waals surface area contributed by atoms with E-state index in [0.717, 1.165) is 12.1 Å². The summed E-state index contributed by atoms with van der Waals surface area (Å²) in [6.45, 7) is 0.0703. The number of halogens is 5. The van der Waals surface area contributed by atoms with Gasteiger partial charge in [-0.05, 0) is 24.6 Å². The molecule has 0 aromatic heterocycles. The second-order valence-corrected chi connectivity index (χ2v) is 6.67. The highest BCUT2D eigenvalue weighted by atomic mass is 32.2. The van der Waals surface area contributed by atoms with Crippen molar-refractivity contribution in [1.82, 2.24) is 4.90 Å². The zero-order valence-corrected chi connectivity index (χ0v) is 14.0. The van der Waals surface area contributed by atoms with Gasteiger partial charge in [0, 0.05) is 18.0 Å². The third-order valence-electron chi connectivity index (χ3n) is 3.74. The molecule has 144 valence electrons. The maximum atomic E-state index is 12.9. The standard InChI is InChI=1S/C15H15F5N2O3S/c16-12(17)7-26-11-2-1-9(15(18,19)20)5-10(11)21-14(25)22-4-3-8(6-22)13(23)24/h1-2,5,8,12H,3-4,6-7H2,(H,21,25)(H,23,24). The predicted molar refractivity (Wildman–Crippen MR) is 84.5 cm³/mol. The number of anilines is 1. The van der Waals surface area contributed by atoms with Crippen molar-refractivity contribution in [3.05, 3.63) is 23.8 Å². The highest BCUT2D eigenvalue weighted by Gasteiger charge is 2.33. The molecule has 0 bridgehead atoms. The summed E-state index contributed by atoms with van der Waals surface area (Å²) in [5.74, 6) is -2.44. The topological polar surface area (TPSA) is 69.6 Å². The molecule has 26 heavy (non-hydrogen) atoms. The first-order chi connectivity index (χ1) is 12.1. The number of amides is 2. The van der Waals surface area contributed by atoms with Gasteiger partial charge in [0.1, 0.15) is 0 Å². The first-order valence-electron chi connectivity index (χ1n) is 7.49. The minimum atomic E-state index is -4.66. The summed E-state index contributed by atoms with van der Waals surface area (Å²) in [6, 6.07) is 1.68. The molecular weight excluding hydrogens is 383 g/mol. The third-order valence-corrected chi connectivity index (χ3v) is 4.82. The summed E-state index contributed by atoms with van der Waals surface area (Å²) >= 11 is 0.620. The lowest BCUT2D eigenvalue weighted by Gasteiger charge is -2.19. The molecule has 11 heteroatoms. The number of hydrogen-bond donors (Lipinski definition) is 2. The Kier molecular flexibility index (Phi) is 6.32. The number of aliphatic carboxylic acids is 1. The molecule has 5 nitrogen and oxygen atoms in total. The Morgan fingerprint density at radius 1 is 1.35 bits per heavy atom. The van der Waals surface area contributed by atoms with Crippen LogP contribution in [0.2, 0.25) is 0 Å². The molecule has 1 unspecified atom stereocenters. The number of urea groups is 1. The second-order valence-electron chi connectivity index (χ2n) is 5.61. The molecule has 2 N–H and O–H groups in total. The molecule has 1 saturated heterocycles. The lowest BCUT2D eigenvalue weighted by molar-refractivity contribution is -0.141. The van der Waals surface area contributed by atoms with Crippen molar-refractivity contribution in [2.75, 3.05) is 24.2 Å². The van der Waals surface area contributed by atoms with E-state index in [0.29, 0.717) is 17.8 Å². The van der Waals surface area contributed by atoms with E-state index in [-0.39, 0.29) is 30.1 Å². The smallest absolute Gasteiger partial charge is 0.416 e. The number of carboxylic acid groups (broad SMARTS) is 1. The number of alkyl halides is 5. The van der Waals surface area contributed by atoms with E-state index in [9.17, 15) is 31.5 Å². The number of likely N-dealkylation sites (tertiary alicyclic amines) is 1. The Morgan fingerprint density at radius 2 is 2.04 bits per heavy atom. The van der Waals surface area contributed by atoms with Gasteiger partial charge >= 0.3 is 18.2 Å². The number of nitrogens with zero attached hydrogens (tertiary/aromatic N) is 1. The molecule has 0 saturated carbocycles. The highest BCUT2D eigenvalue weighted by molar-refractivity contribution is 7.99. The van der Waals surface area contributed by atoms with Crippen LogP contribution in [0.5, 0.6) is 0 Å². The molecule has 1 aliphatic rings. The Balaban J connectivity index is 2.19. The fourth-order valence-corrected chi connectivity index (χ4v) is 3.16. The number of thioether (sulfide) groups is 1. The third kappa shape index (κ3) is 5.23. The van der Waals surface area contributed by atoms with Gasteiger partial charge in [-0.1, -0.05) is 0 Å². The Bertz CT molecular complexity index is 684. The number of carbonyl (C=O) groups excluding carboxylic acids is 1. The average molecular weight is 398 g/mol. The van der Waals surface area contributed by atoms with Crippen molar-refractivity contribution < 1.29 is 36.6 Å². The molecule has 2 rings (SSSR count). The molecule has 0 spiro atoms. The van der Waals surface area contributed by atoms with Crippen LogP contribution < -0.4 is 5.32 Å². The van der Waals surface area contributed by atoms with Gasteiger partial charge in [0.2, 0.25) is 6.43 Å². The van der Waals surface area contributed by atoms with Crippen molar-refractivity contribution in [1.29, 1.82) is 0 Å². The number of nitrogens with one attached hydrogen (secondary N) is 1. The summed E-state index contributed by atoms with van der Waals surface area (Å²) in [5, 5.41) is 11.2. The van der Waals surface area contributed by atoms with Crippen LogP contribution in [0.1, 0.15) is 12.0 Å². The van der Waals surface area contributed by atoms with Crippen LogP contribution in [0.15, 0.2) is 23.1 Å². The summed E-state index contributed by atoms with van der Waals surface area (Å²) in [7, 11) is 0. The zero-order valence-electron chi connectivity index (χ0n) is 13.2. The van der Waals surface area contributed by atoms with Crippen molar-refractivity contribution in [2.24, 2.45) is 5.92 Å². The Labute approximate surface area is 149 Å². The summed E-state index contributed by atoms with van der Waals surface area (Å²) < 4.78 is 63.4. The van der Waals surface area contributed by atoms with Gasteiger partial charge < -0.3 is 15.3 Å². The van der Waals surface area contributed by atoms with Crippen molar-refractivity contribution in [3.8, 4) is 0 Å². The number of rotatable bonds is 5. The van der Waals surface area contributed by atoms with E-state index < -0.39 is 41.8 Å². The van der Waals surface area contributed by atoms with Crippen LogP contribution in [-0.2, 0) is 11.0 Å². The molecule has 0 aliphatic carbocycles. The predicted octanol–water partition coefficient (Wildman–Crippen LogP) is 4.00. The van der Waals surface area contributed by atoms with Gasteiger partial charge in [0.15, 0.2) is 0 Å². The number of hydrogen-bond acceptors (Lipinski definition) is 3. The van der Waals surface area contributed by atoms with Crippen LogP contribution in [-0.4, -0.2) is 47.3 Å². The number of carboxylic acids is 1. The van der Waals surface area contributed by atoms with E-state index >= 15 is 0 Å². The van der Waals surface area contributed by atoms with Gasteiger partial charge in [-0.2, -0.15) is 13.2 Å². The second kappa shape index (κ2) is 8.11. The monoisotopic (exact) mass is 398 g/mol. The molecule has 2 amide bonds. The first kappa shape index (κ1) is 20.3. The van der Waals surface area contributed by atoms with Gasteiger partial charge in [0.05, 0.1) is 22.9 Å². The Hall–Kier alpha value is -2.04. The molecule has 0 radical (unpaired) electrons. The van der Waals surface area contributed by atoms with Crippen LogP contribution >= 0.6 is 11.8 Å². The van der Waals surface area contributed by atoms with E-state index in [1.165, 1.54) is 4.90 Å². The maximum absolute atomic E-state index is 12.9. The van der Waals surface area contributed by atoms with E-state index in [1.807, 2.05) is 0 Å². The van der Waals surface area contributed by atoms with E-state index in [1.54, 1.807) is 0 Å². The molecule has 1 aliphatic heterocycles. The van der Waals surface area contributed by atoms with Crippen LogP contribution in [0.25, 0.3) is 0 Å². The van der Waals surface area contributed by atoms with Gasteiger partial charge in [0.25, 0.3) is 0 Å². The fraction of sp³-hybridized carbons (Fsp3) is 0.467. The van der Waals surface area contributed by atoms with E-state index in [4.69, 9.17) is 5.11 Å². The fourth-order valence-electron chi connectivity index (χ4n) is 2.42. The van der Waals surface area contributed by atoms with Crippen molar-refractivity contribution in [3.63, 3.8) is 0 Å². The molecule has 1 atom stereocenters. The van der Waals surface area contributed by atoms with Gasteiger partial charge in [-0.15, -0.1) is 11.8 Å². The SMILES string of the molecule is O=C(O)C1CCN(C(=O)Nc2cc(C(F)(F)F)ccc2SCC(F)F)C1. The lowest BCUT2D eigenvalue weighted by atomic mass is 10.1. The minimum Gasteiger partial charge on any atom is -0.481 e. The zero-order chi connectivity index (χ0) is 19.5. The summed E-state index contributed by atoms with van der Waals surface area (Å²) in [4.78, 5) is 24.4. The van der Waals surface area contributed by atoms with Crippen molar-refractivity contribution >= 4 is 29.4 Å². The molecule has 1 aromatic rings. The lowest BCUT2D eigenvalue weighted by Crippen LogP contribution is -2.34. The van der Waals surface area contributed by atoms with Crippen molar-refractivity contribution in [2.45, 2.75) is 23.9 Å². The van der Waals surface area contributed by atoms with Gasteiger partial charge in [-0.25, -0.2) is 13.6 Å². The summed E-state index contributed by atoms with van der Waals surface area (Å²) in [6.07, 6.45) is -7.09.